The number of pyridine rings is 2. The van der Waals surface area contributed by atoms with E-state index in [2.05, 4.69) is 32.1 Å². The van der Waals surface area contributed by atoms with E-state index < -0.39 is 17.3 Å². The second-order valence-electron chi connectivity index (χ2n) is 16.1. The van der Waals surface area contributed by atoms with E-state index in [1.807, 2.05) is 58.6 Å². The largest absolute Gasteiger partial charge is 0.444 e. The number of hydrogen-bond acceptors (Lipinski definition) is 9. The SMILES string of the molecule is CN1CCC[C@@H]1c1cc2cnc(NC(=O)c3ccc(N4CCC(C5CCN(C(=O)OC(C)(C)C)CC5)CC4)nc3)cc2n1C(=O)OC(C)(C)C. The molecule has 3 aliphatic rings. The average molecular weight is 688 g/mol. The minimum atomic E-state index is -0.659. The summed E-state index contributed by atoms with van der Waals surface area (Å²) < 4.78 is 13.0. The third kappa shape index (κ3) is 8.22. The Hall–Kier alpha value is -4.19. The fourth-order valence-electron chi connectivity index (χ4n) is 7.61. The number of nitrogens with one attached hydrogen (secondary N) is 1. The summed E-state index contributed by atoms with van der Waals surface area (Å²) >= 11 is 0. The Labute approximate surface area is 295 Å². The van der Waals surface area contributed by atoms with Gasteiger partial charge in [-0.3, -0.25) is 9.69 Å². The number of carbonyl (C=O) groups is 3. The van der Waals surface area contributed by atoms with Crippen LogP contribution in [0.4, 0.5) is 21.2 Å². The molecule has 12 nitrogen and oxygen atoms in total. The average Bonchev–Trinajstić information content (AvgIpc) is 3.66. The van der Waals surface area contributed by atoms with Crippen LogP contribution < -0.4 is 10.2 Å². The van der Waals surface area contributed by atoms with Gasteiger partial charge in [-0.1, -0.05) is 0 Å². The fraction of sp³-hybridized carbons (Fsp3) is 0.605. The van der Waals surface area contributed by atoms with Crippen molar-refractivity contribution in [1.82, 2.24) is 24.3 Å². The highest BCUT2D eigenvalue weighted by molar-refractivity contribution is 6.04. The lowest BCUT2D eigenvalue weighted by Crippen LogP contribution is -2.44. The van der Waals surface area contributed by atoms with Crippen molar-refractivity contribution in [1.29, 1.82) is 0 Å². The number of amides is 2. The maximum absolute atomic E-state index is 13.5. The molecule has 1 N–H and O–H groups in total. The lowest BCUT2D eigenvalue weighted by Gasteiger charge is -2.40. The summed E-state index contributed by atoms with van der Waals surface area (Å²) in [4.78, 5) is 54.8. The first-order valence-electron chi connectivity index (χ1n) is 18.1. The second-order valence-corrected chi connectivity index (χ2v) is 16.1. The van der Waals surface area contributed by atoms with Crippen molar-refractivity contribution in [3.63, 3.8) is 0 Å². The quantitative estimate of drug-likeness (QED) is 0.299. The third-order valence-corrected chi connectivity index (χ3v) is 10.1. The molecule has 0 saturated carbocycles. The highest BCUT2D eigenvalue weighted by atomic mass is 16.6. The molecule has 3 fully saturated rings. The van der Waals surface area contributed by atoms with Gasteiger partial charge in [0.05, 0.1) is 17.1 Å². The van der Waals surface area contributed by atoms with E-state index in [9.17, 15) is 14.4 Å². The Balaban J connectivity index is 1.07. The summed E-state index contributed by atoms with van der Waals surface area (Å²) in [6.07, 6.45) is 8.85. The molecule has 3 aliphatic heterocycles. The summed E-state index contributed by atoms with van der Waals surface area (Å²) in [5, 5.41) is 3.71. The molecule has 3 aromatic rings. The number of hydrogen-bond donors (Lipinski definition) is 1. The highest BCUT2D eigenvalue weighted by Gasteiger charge is 2.33. The van der Waals surface area contributed by atoms with Gasteiger partial charge in [0.15, 0.2) is 0 Å². The minimum absolute atomic E-state index is 0.0902. The van der Waals surface area contributed by atoms with Crippen LogP contribution in [0.5, 0.6) is 0 Å². The van der Waals surface area contributed by atoms with Crippen LogP contribution in [0, 0.1) is 11.8 Å². The van der Waals surface area contributed by atoms with Crippen LogP contribution in [0.2, 0.25) is 0 Å². The van der Waals surface area contributed by atoms with Crippen LogP contribution in [0.15, 0.2) is 36.7 Å². The first-order chi connectivity index (χ1) is 23.6. The van der Waals surface area contributed by atoms with E-state index in [1.54, 1.807) is 29.1 Å². The summed E-state index contributed by atoms with van der Waals surface area (Å²) in [6.45, 7) is 15.6. The molecule has 50 heavy (non-hydrogen) atoms. The number of carbonyl (C=O) groups excluding carboxylic acids is 3. The first-order valence-corrected chi connectivity index (χ1v) is 18.1. The molecule has 0 spiro atoms. The standard InChI is InChI=1S/C38H53N7O5/c1-37(2,3)49-35(47)44-19-14-26(15-20-44)25-12-17-43(18-13-25)33-11-10-27(23-40-33)34(46)41-32-22-30-28(24-39-32)21-31(29-9-8-16-42(29)7)45(30)36(48)50-38(4,5)6/h10-11,21-26,29H,8-9,12-20H2,1-7H3,(H,39,41,46)/t29-/m1/s1. The van der Waals surface area contributed by atoms with Crippen LogP contribution in [-0.2, 0) is 9.47 Å². The molecule has 270 valence electrons. The zero-order valence-corrected chi connectivity index (χ0v) is 30.7. The number of aromatic nitrogens is 3. The monoisotopic (exact) mass is 687 g/mol. The Morgan fingerprint density at radius 2 is 1.42 bits per heavy atom. The van der Waals surface area contributed by atoms with Gasteiger partial charge in [-0.15, -0.1) is 0 Å². The summed E-state index contributed by atoms with van der Waals surface area (Å²) in [7, 11) is 2.07. The fourth-order valence-corrected chi connectivity index (χ4v) is 7.61. The molecule has 0 aromatic carbocycles. The molecule has 0 bridgehead atoms. The van der Waals surface area contributed by atoms with Gasteiger partial charge in [0.1, 0.15) is 22.8 Å². The summed E-state index contributed by atoms with van der Waals surface area (Å²) in [5.41, 5.74) is 0.807. The number of ether oxygens (including phenoxy) is 2. The molecule has 0 unspecified atom stereocenters. The van der Waals surface area contributed by atoms with Gasteiger partial charge in [-0.25, -0.2) is 24.1 Å². The van der Waals surface area contributed by atoms with Gasteiger partial charge in [0.25, 0.3) is 5.91 Å². The van der Waals surface area contributed by atoms with Gasteiger partial charge in [0.2, 0.25) is 0 Å². The lowest BCUT2D eigenvalue weighted by atomic mass is 9.79. The summed E-state index contributed by atoms with van der Waals surface area (Å²) in [5.74, 6) is 2.14. The van der Waals surface area contributed by atoms with Crippen molar-refractivity contribution in [2.75, 3.05) is 50.0 Å². The predicted molar refractivity (Wildman–Crippen MR) is 194 cm³/mol. The van der Waals surface area contributed by atoms with E-state index in [-0.39, 0.29) is 18.0 Å². The number of rotatable bonds is 5. The smallest absolute Gasteiger partial charge is 0.419 e. The molecule has 2 amide bonds. The molecule has 6 rings (SSSR count). The van der Waals surface area contributed by atoms with Gasteiger partial charge in [-0.05, 0) is 124 Å². The third-order valence-electron chi connectivity index (χ3n) is 10.1. The molecule has 0 aliphatic carbocycles. The van der Waals surface area contributed by atoms with Crippen LogP contribution in [0.1, 0.15) is 102 Å². The normalized spacial score (nSPS) is 19.9. The van der Waals surface area contributed by atoms with Crippen LogP contribution in [-0.4, -0.2) is 93.4 Å². The van der Waals surface area contributed by atoms with Crippen LogP contribution >= 0.6 is 0 Å². The van der Waals surface area contributed by atoms with Crippen molar-refractivity contribution < 1.29 is 23.9 Å². The van der Waals surface area contributed by atoms with Crippen molar-refractivity contribution >= 4 is 40.6 Å². The van der Waals surface area contributed by atoms with Crippen molar-refractivity contribution in [3.05, 3.63) is 47.9 Å². The number of nitrogens with zero attached hydrogens (tertiary/aromatic N) is 6. The Kier molecular flexibility index (Phi) is 10.1. The molecule has 3 saturated heterocycles. The summed E-state index contributed by atoms with van der Waals surface area (Å²) in [6, 6.07) is 7.54. The predicted octanol–water partition coefficient (Wildman–Crippen LogP) is 7.10. The number of anilines is 2. The maximum atomic E-state index is 13.5. The molecule has 1 atom stereocenters. The number of fused-ring (bicyclic) bond motifs is 1. The first kappa shape index (κ1) is 35.6. The van der Waals surface area contributed by atoms with E-state index >= 15 is 0 Å². The molecule has 6 heterocycles. The molecular formula is C38H53N7O5. The Morgan fingerprint density at radius 3 is 2.00 bits per heavy atom. The number of piperidine rings is 2. The van der Waals surface area contributed by atoms with Crippen molar-refractivity contribution in [2.24, 2.45) is 11.8 Å². The zero-order valence-electron chi connectivity index (χ0n) is 30.7. The molecule has 12 heteroatoms. The van der Waals surface area contributed by atoms with Gasteiger partial charge in [-0.2, -0.15) is 0 Å². The van der Waals surface area contributed by atoms with Crippen LogP contribution in [0.25, 0.3) is 10.9 Å². The molecule has 0 radical (unpaired) electrons. The zero-order chi connectivity index (χ0) is 35.8. The minimum Gasteiger partial charge on any atom is -0.444 e. The van der Waals surface area contributed by atoms with Crippen molar-refractivity contribution in [2.45, 2.75) is 97.3 Å². The molecular weight excluding hydrogens is 634 g/mol. The Bertz CT molecular complexity index is 1690. The van der Waals surface area contributed by atoms with Gasteiger partial charge < -0.3 is 24.6 Å². The molecule has 3 aromatic heterocycles. The maximum Gasteiger partial charge on any atom is 0.419 e. The topological polar surface area (TPSA) is 122 Å². The highest BCUT2D eigenvalue weighted by Crippen LogP contribution is 2.36. The van der Waals surface area contributed by atoms with Crippen LogP contribution in [0.3, 0.4) is 0 Å². The second kappa shape index (κ2) is 14.2. The van der Waals surface area contributed by atoms with Gasteiger partial charge >= 0.3 is 12.2 Å². The lowest BCUT2D eigenvalue weighted by molar-refractivity contribution is 0.0152. The van der Waals surface area contributed by atoms with E-state index in [4.69, 9.17) is 9.47 Å². The van der Waals surface area contributed by atoms with Gasteiger partial charge in [0, 0.05) is 55.7 Å². The van der Waals surface area contributed by atoms with Crippen molar-refractivity contribution in [3.8, 4) is 0 Å². The Morgan fingerprint density at radius 1 is 0.780 bits per heavy atom. The van der Waals surface area contributed by atoms with E-state index in [1.165, 1.54) is 0 Å². The van der Waals surface area contributed by atoms with E-state index in [0.29, 0.717) is 28.7 Å². The number of likely N-dealkylation sites (tertiary alicyclic amines) is 2. The van der Waals surface area contributed by atoms with E-state index in [0.717, 1.165) is 88.1 Å².